The predicted molar refractivity (Wildman–Crippen MR) is 41.6 cm³/mol. The van der Waals surface area contributed by atoms with Gasteiger partial charge in [-0.15, -0.1) is 0 Å². The van der Waals surface area contributed by atoms with E-state index in [9.17, 15) is 5.11 Å². The van der Waals surface area contributed by atoms with E-state index in [4.69, 9.17) is 5.73 Å². The highest BCUT2D eigenvalue weighted by Crippen LogP contribution is 2.34. The first-order valence-corrected chi connectivity index (χ1v) is 3.93. The van der Waals surface area contributed by atoms with Crippen LogP contribution in [-0.2, 0) is 0 Å². The van der Waals surface area contributed by atoms with E-state index in [-0.39, 0.29) is 17.6 Å². The lowest BCUT2D eigenvalue weighted by molar-refractivity contribution is 0.0556. The fraction of sp³-hybridized carbons (Fsp3) is 1.00. The van der Waals surface area contributed by atoms with Gasteiger partial charge in [-0.3, -0.25) is 0 Å². The molecule has 2 nitrogen and oxygen atoms in total. The molecular formula is C8H17NO. The third kappa shape index (κ3) is 1.96. The van der Waals surface area contributed by atoms with Gasteiger partial charge in [-0.25, -0.2) is 0 Å². The molecule has 1 aliphatic carbocycles. The van der Waals surface area contributed by atoms with Gasteiger partial charge in [-0.05, 0) is 24.7 Å². The summed E-state index contributed by atoms with van der Waals surface area (Å²) in [6, 6.07) is 0.207. The zero-order chi connectivity index (χ0) is 7.78. The van der Waals surface area contributed by atoms with Gasteiger partial charge in [0.25, 0.3) is 0 Å². The van der Waals surface area contributed by atoms with Gasteiger partial charge in [0.15, 0.2) is 0 Å². The third-order valence-corrected chi connectivity index (χ3v) is 2.18. The highest BCUT2D eigenvalue weighted by molar-refractivity contribution is 4.85. The molecule has 0 radical (unpaired) electrons. The number of hydrogen-bond donors (Lipinski definition) is 2. The molecule has 3 N–H and O–H groups in total. The average Bonchev–Trinajstić information content (AvgIpc) is 1.54. The Kier molecular flexibility index (Phi) is 2.02. The lowest BCUT2D eigenvalue weighted by Gasteiger charge is -2.36. The van der Waals surface area contributed by atoms with Crippen molar-refractivity contribution in [3.05, 3.63) is 0 Å². The minimum Gasteiger partial charge on any atom is -0.393 e. The molecule has 1 saturated carbocycles. The van der Waals surface area contributed by atoms with E-state index in [1.54, 1.807) is 0 Å². The monoisotopic (exact) mass is 143 g/mol. The highest BCUT2D eigenvalue weighted by atomic mass is 16.3. The molecule has 2 heteroatoms. The maximum atomic E-state index is 9.34. The van der Waals surface area contributed by atoms with Gasteiger partial charge in [0.1, 0.15) is 0 Å². The molecule has 0 spiro atoms. The second-order valence-corrected chi connectivity index (χ2v) is 4.22. The Morgan fingerprint density at radius 2 is 2.00 bits per heavy atom. The summed E-state index contributed by atoms with van der Waals surface area (Å²) in [7, 11) is 0. The Balaban J connectivity index is 2.51. The number of aliphatic hydroxyl groups is 1. The maximum Gasteiger partial charge on any atom is 0.0560 e. The van der Waals surface area contributed by atoms with Crippen molar-refractivity contribution < 1.29 is 5.11 Å². The van der Waals surface area contributed by atoms with Crippen LogP contribution in [0.25, 0.3) is 0 Å². The molecule has 0 aliphatic heterocycles. The summed E-state index contributed by atoms with van der Waals surface area (Å²) >= 11 is 0. The molecule has 1 aliphatic rings. The second-order valence-electron chi connectivity index (χ2n) is 4.22. The van der Waals surface area contributed by atoms with E-state index >= 15 is 0 Å². The molecule has 0 heterocycles. The summed E-state index contributed by atoms with van der Waals surface area (Å²) in [5.74, 6) is 0. The molecule has 0 bridgehead atoms. The number of rotatable bonds is 0. The molecule has 0 aromatic heterocycles. The first-order chi connectivity index (χ1) is 4.49. The molecule has 10 heavy (non-hydrogen) atoms. The van der Waals surface area contributed by atoms with Crippen molar-refractivity contribution in [2.45, 2.75) is 45.3 Å². The van der Waals surface area contributed by atoms with Crippen molar-refractivity contribution in [3.8, 4) is 0 Å². The van der Waals surface area contributed by atoms with Crippen LogP contribution in [0.2, 0.25) is 0 Å². The van der Waals surface area contributed by atoms with Gasteiger partial charge >= 0.3 is 0 Å². The summed E-state index contributed by atoms with van der Waals surface area (Å²) in [5, 5.41) is 9.34. The average molecular weight is 143 g/mol. The normalized spacial score (nSPS) is 39.6. The minimum absolute atomic E-state index is 0.168. The van der Waals surface area contributed by atoms with Crippen LogP contribution >= 0.6 is 0 Å². The fourth-order valence-electron chi connectivity index (χ4n) is 1.95. The molecule has 1 rings (SSSR count). The first-order valence-electron chi connectivity index (χ1n) is 3.93. The van der Waals surface area contributed by atoms with Gasteiger partial charge in [-0.2, -0.15) is 0 Å². The minimum atomic E-state index is -0.168. The Bertz CT molecular complexity index is 110. The van der Waals surface area contributed by atoms with Gasteiger partial charge in [0.2, 0.25) is 0 Å². The summed E-state index contributed by atoms with van der Waals surface area (Å²) < 4.78 is 0. The molecule has 0 saturated heterocycles. The van der Waals surface area contributed by atoms with Crippen LogP contribution in [0, 0.1) is 5.41 Å². The van der Waals surface area contributed by atoms with Crippen LogP contribution in [0.5, 0.6) is 0 Å². The predicted octanol–water partition coefficient (Wildman–Crippen LogP) is 0.885. The van der Waals surface area contributed by atoms with Gasteiger partial charge in [-0.1, -0.05) is 13.8 Å². The molecular weight excluding hydrogens is 126 g/mol. The van der Waals surface area contributed by atoms with Crippen molar-refractivity contribution in [1.29, 1.82) is 0 Å². The summed E-state index contributed by atoms with van der Waals surface area (Å²) in [4.78, 5) is 0. The SMILES string of the molecule is CC1(C)CC(N)CC(O)C1. The van der Waals surface area contributed by atoms with Crippen LogP contribution in [0.3, 0.4) is 0 Å². The van der Waals surface area contributed by atoms with Crippen LogP contribution in [0.1, 0.15) is 33.1 Å². The number of nitrogens with two attached hydrogens (primary N) is 1. The van der Waals surface area contributed by atoms with E-state index in [1.807, 2.05) is 0 Å². The largest absolute Gasteiger partial charge is 0.393 e. The lowest BCUT2D eigenvalue weighted by Crippen LogP contribution is -2.39. The van der Waals surface area contributed by atoms with Crippen LogP contribution < -0.4 is 5.73 Å². The molecule has 2 unspecified atom stereocenters. The number of hydrogen-bond acceptors (Lipinski definition) is 2. The van der Waals surface area contributed by atoms with Crippen molar-refractivity contribution >= 4 is 0 Å². The Hall–Kier alpha value is -0.0800. The molecule has 0 amide bonds. The maximum absolute atomic E-state index is 9.34. The van der Waals surface area contributed by atoms with E-state index in [2.05, 4.69) is 13.8 Å². The van der Waals surface area contributed by atoms with Crippen LogP contribution in [0.4, 0.5) is 0 Å². The fourth-order valence-corrected chi connectivity index (χ4v) is 1.95. The van der Waals surface area contributed by atoms with Gasteiger partial charge < -0.3 is 10.8 Å². The third-order valence-electron chi connectivity index (χ3n) is 2.18. The summed E-state index contributed by atoms with van der Waals surface area (Å²) in [5.41, 5.74) is 5.99. The highest BCUT2D eigenvalue weighted by Gasteiger charge is 2.30. The Morgan fingerprint density at radius 1 is 1.40 bits per heavy atom. The van der Waals surface area contributed by atoms with E-state index < -0.39 is 0 Å². The first kappa shape index (κ1) is 8.02. The second kappa shape index (κ2) is 2.51. The summed E-state index contributed by atoms with van der Waals surface area (Å²) in [6.45, 7) is 4.32. The Morgan fingerprint density at radius 3 is 2.40 bits per heavy atom. The van der Waals surface area contributed by atoms with E-state index in [1.165, 1.54) is 0 Å². The van der Waals surface area contributed by atoms with E-state index in [0.29, 0.717) is 0 Å². The molecule has 0 aromatic rings. The van der Waals surface area contributed by atoms with Crippen molar-refractivity contribution in [2.24, 2.45) is 11.1 Å². The standard InChI is InChI=1S/C8H17NO/c1-8(2)4-6(9)3-7(10)5-8/h6-7,10H,3-5,9H2,1-2H3. The van der Waals surface area contributed by atoms with Crippen LogP contribution in [0.15, 0.2) is 0 Å². The van der Waals surface area contributed by atoms with Crippen LogP contribution in [-0.4, -0.2) is 17.3 Å². The van der Waals surface area contributed by atoms with Gasteiger partial charge in [0.05, 0.1) is 6.10 Å². The number of aliphatic hydroxyl groups excluding tert-OH is 1. The quantitative estimate of drug-likeness (QED) is 0.529. The van der Waals surface area contributed by atoms with Gasteiger partial charge in [0, 0.05) is 6.04 Å². The van der Waals surface area contributed by atoms with Crippen molar-refractivity contribution in [2.75, 3.05) is 0 Å². The smallest absolute Gasteiger partial charge is 0.0560 e. The zero-order valence-electron chi connectivity index (χ0n) is 6.80. The van der Waals surface area contributed by atoms with Crippen molar-refractivity contribution in [3.63, 3.8) is 0 Å². The molecule has 60 valence electrons. The zero-order valence-corrected chi connectivity index (χ0v) is 6.80. The van der Waals surface area contributed by atoms with Crippen molar-refractivity contribution in [1.82, 2.24) is 0 Å². The Labute approximate surface area is 62.4 Å². The lowest BCUT2D eigenvalue weighted by atomic mass is 9.74. The summed E-state index contributed by atoms with van der Waals surface area (Å²) in [6.07, 6.45) is 2.56. The molecule has 1 fully saturated rings. The molecule has 2 atom stereocenters. The van der Waals surface area contributed by atoms with E-state index in [0.717, 1.165) is 19.3 Å². The molecule has 0 aromatic carbocycles. The topological polar surface area (TPSA) is 46.2 Å².